The van der Waals surface area contributed by atoms with Crippen molar-refractivity contribution >= 4 is 5.91 Å². The van der Waals surface area contributed by atoms with Crippen LogP contribution in [0, 0.1) is 13.8 Å². The van der Waals surface area contributed by atoms with Crippen molar-refractivity contribution in [2.75, 3.05) is 0 Å². The molecule has 0 aliphatic carbocycles. The van der Waals surface area contributed by atoms with Gasteiger partial charge in [-0.15, -0.1) is 0 Å². The largest absolute Gasteiger partial charge is 0.361 e. The fourth-order valence-electron chi connectivity index (χ4n) is 2.53. The second-order valence-electron chi connectivity index (χ2n) is 5.27. The molecule has 1 aromatic carbocycles. The summed E-state index contributed by atoms with van der Waals surface area (Å²) in [7, 11) is 0. The molecule has 3 rings (SSSR count). The molecule has 0 bridgehead atoms. The normalized spacial score (nSPS) is 11.9. The standard InChI is InChI=1S/C18H17N3O2/c1-12-16(13(2)23-21-12)18(22)20-17(14-8-4-3-5-9-14)15-10-6-7-11-19-15/h3-11,17H,1-2H3,(H,20,22)/t17-/m0/s1. The summed E-state index contributed by atoms with van der Waals surface area (Å²) in [5.74, 6) is 0.286. The number of hydrogen-bond acceptors (Lipinski definition) is 4. The smallest absolute Gasteiger partial charge is 0.257 e. The van der Waals surface area contributed by atoms with Crippen LogP contribution in [0.25, 0.3) is 0 Å². The molecule has 1 N–H and O–H groups in total. The van der Waals surface area contributed by atoms with Crippen molar-refractivity contribution in [1.29, 1.82) is 0 Å². The second kappa shape index (κ2) is 6.44. The Morgan fingerprint density at radius 1 is 1.09 bits per heavy atom. The minimum atomic E-state index is -0.335. The Hall–Kier alpha value is -2.95. The summed E-state index contributed by atoms with van der Waals surface area (Å²) < 4.78 is 5.08. The molecule has 23 heavy (non-hydrogen) atoms. The van der Waals surface area contributed by atoms with E-state index in [2.05, 4.69) is 15.5 Å². The van der Waals surface area contributed by atoms with Gasteiger partial charge in [0.1, 0.15) is 11.3 Å². The van der Waals surface area contributed by atoms with E-state index in [0.29, 0.717) is 17.0 Å². The zero-order valence-corrected chi connectivity index (χ0v) is 13.0. The maximum atomic E-state index is 12.7. The summed E-state index contributed by atoms with van der Waals surface area (Å²) in [6.45, 7) is 3.48. The van der Waals surface area contributed by atoms with Crippen molar-refractivity contribution in [3.8, 4) is 0 Å². The van der Waals surface area contributed by atoms with Crippen LogP contribution in [0.15, 0.2) is 59.3 Å². The molecule has 5 nitrogen and oxygen atoms in total. The molecule has 0 saturated carbocycles. The maximum Gasteiger partial charge on any atom is 0.257 e. The first-order valence-corrected chi connectivity index (χ1v) is 7.36. The fraction of sp³-hybridized carbons (Fsp3) is 0.167. The first kappa shape index (κ1) is 15.0. The lowest BCUT2D eigenvalue weighted by atomic mass is 10.0. The molecule has 1 atom stereocenters. The van der Waals surface area contributed by atoms with Crippen LogP contribution < -0.4 is 5.32 Å². The van der Waals surface area contributed by atoms with E-state index in [1.807, 2.05) is 48.5 Å². The highest BCUT2D eigenvalue weighted by molar-refractivity contribution is 5.96. The van der Waals surface area contributed by atoms with Gasteiger partial charge >= 0.3 is 0 Å². The number of aryl methyl sites for hydroxylation is 2. The summed E-state index contributed by atoms with van der Waals surface area (Å²) in [5, 5.41) is 6.87. The molecule has 2 aromatic heterocycles. The number of hydrogen-bond donors (Lipinski definition) is 1. The van der Waals surface area contributed by atoms with Gasteiger partial charge in [0.15, 0.2) is 0 Å². The minimum absolute atomic E-state index is 0.222. The molecule has 116 valence electrons. The molecule has 3 aromatic rings. The van der Waals surface area contributed by atoms with Crippen LogP contribution in [0.1, 0.15) is 39.1 Å². The highest BCUT2D eigenvalue weighted by atomic mass is 16.5. The van der Waals surface area contributed by atoms with Crippen molar-refractivity contribution in [1.82, 2.24) is 15.5 Å². The highest BCUT2D eigenvalue weighted by Gasteiger charge is 2.23. The van der Waals surface area contributed by atoms with Gasteiger partial charge in [-0.05, 0) is 31.5 Å². The Bertz CT molecular complexity index is 739. The third-order valence-electron chi connectivity index (χ3n) is 3.65. The Labute approximate surface area is 134 Å². The van der Waals surface area contributed by atoms with Gasteiger partial charge in [0.05, 0.1) is 17.4 Å². The van der Waals surface area contributed by atoms with E-state index < -0.39 is 0 Å². The zero-order valence-electron chi connectivity index (χ0n) is 13.0. The molecule has 0 radical (unpaired) electrons. The molecule has 5 heteroatoms. The van der Waals surface area contributed by atoms with Gasteiger partial charge in [-0.1, -0.05) is 41.6 Å². The lowest BCUT2D eigenvalue weighted by Crippen LogP contribution is -2.30. The molecule has 0 aliphatic heterocycles. The van der Waals surface area contributed by atoms with E-state index in [0.717, 1.165) is 11.3 Å². The monoisotopic (exact) mass is 307 g/mol. The Morgan fingerprint density at radius 2 is 1.83 bits per heavy atom. The van der Waals surface area contributed by atoms with Crippen LogP contribution in [0.2, 0.25) is 0 Å². The number of aromatic nitrogens is 2. The van der Waals surface area contributed by atoms with Crippen molar-refractivity contribution in [2.24, 2.45) is 0 Å². The summed E-state index contributed by atoms with van der Waals surface area (Å²) in [5.41, 5.74) is 2.79. The van der Waals surface area contributed by atoms with Gasteiger partial charge in [-0.25, -0.2) is 0 Å². The van der Waals surface area contributed by atoms with E-state index >= 15 is 0 Å². The first-order chi connectivity index (χ1) is 11.2. The first-order valence-electron chi connectivity index (χ1n) is 7.36. The predicted octanol–water partition coefficient (Wildman–Crippen LogP) is 3.21. The van der Waals surface area contributed by atoms with Gasteiger partial charge in [-0.3, -0.25) is 9.78 Å². The summed E-state index contributed by atoms with van der Waals surface area (Å²) in [4.78, 5) is 17.0. The number of pyridine rings is 1. The van der Waals surface area contributed by atoms with Gasteiger partial charge < -0.3 is 9.84 Å². The van der Waals surface area contributed by atoms with Crippen LogP contribution in [0.4, 0.5) is 0 Å². The Morgan fingerprint density at radius 3 is 2.43 bits per heavy atom. The molecular weight excluding hydrogens is 290 g/mol. The van der Waals surface area contributed by atoms with E-state index in [1.165, 1.54) is 0 Å². The van der Waals surface area contributed by atoms with E-state index in [-0.39, 0.29) is 11.9 Å². The molecule has 0 unspecified atom stereocenters. The Balaban J connectivity index is 1.95. The van der Waals surface area contributed by atoms with E-state index in [4.69, 9.17) is 4.52 Å². The number of carbonyl (C=O) groups is 1. The molecule has 0 spiro atoms. The summed E-state index contributed by atoms with van der Waals surface area (Å²) >= 11 is 0. The quantitative estimate of drug-likeness (QED) is 0.803. The van der Waals surface area contributed by atoms with Gasteiger partial charge in [0.2, 0.25) is 0 Å². The molecular formula is C18H17N3O2. The summed E-state index contributed by atoms with van der Waals surface area (Å²) in [6.07, 6.45) is 1.72. The lowest BCUT2D eigenvalue weighted by molar-refractivity contribution is 0.0940. The third-order valence-corrected chi connectivity index (χ3v) is 3.65. The van der Waals surface area contributed by atoms with Gasteiger partial charge in [0.25, 0.3) is 5.91 Å². The van der Waals surface area contributed by atoms with Crippen molar-refractivity contribution in [3.63, 3.8) is 0 Å². The lowest BCUT2D eigenvalue weighted by Gasteiger charge is -2.18. The SMILES string of the molecule is Cc1noc(C)c1C(=O)N[C@@H](c1ccccc1)c1ccccn1. The second-order valence-corrected chi connectivity index (χ2v) is 5.27. The minimum Gasteiger partial charge on any atom is -0.361 e. The van der Waals surface area contributed by atoms with Gasteiger partial charge in [-0.2, -0.15) is 0 Å². The number of benzene rings is 1. The average molecular weight is 307 g/mol. The predicted molar refractivity (Wildman–Crippen MR) is 86.0 cm³/mol. The molecule has 1 amide bonds. The number of nitrogens with one attached hydrogen (secondary N) is 1. The zero-order chi connectivity index (χ0) is 16.2. The summed E-state index contributed by atoms with van der Waals surface area (Å²) in [6, 6.07) is 15.1. The molecule has 0 fully saturated rings. The highest BCUT2D eigenvalue weighted by Crippen LogP contribution is 2.22. The fourth-order valence-corrected chi connectivity index (χ4v) is 2.53. The molecule has 2 heterocycles. The molecule has 0 saturated heterocycles. The van der Waals surface area contributed by atoms with Crippen LogP contribution in [0.5, 0.6) is 0 Å². The average Bonchev–Trinajstić information content (AvgIpc) is 2.93. The van der Waals surface area contributed by atoms with E-state index in [1.54, 1.807) is 20.0 Å². The van der Waals surface area contributed by atoms with Gasteiger partial charge in [0, 0.05) is 6.20 Å². The topological polar surface area (TPSA) is 68.0 Å². The van der Waals surface area contributed by atoms with Crippen LogP contribution in [-0.2, 0) is 0 Å². The van der Waals surface area contributed by atoms with Crippen LogP contribution in [-0.4, -0.2) is 16.0 Å². The number of nitrogens with zero attached hydrogens (tertiary/aromatic N) is 2. The van der Waals surface area contributed by atoms with Crippen LogP contribution in [0.3, 0.4) is 0 Å². The number of amides is 1. The number of rotatable bonds is 4. The number of carbonyl (C=O) groups excluding carboxylic acids is 1. The maximum absolute atomic E-state index is 12.7. The van der Waals surface area contributed by atoms with Crippen LogP contribution >= 0.6 is 0 Å². The third kappa shape index (κ3) is 3.13. The molecule has 0 aliphatic rings. The Kier molecular flexibility index (Phi) is 4.19. The van der Waals surface area contributed by atoms with Crippen molar-refractivity contribution in [3.05, 3.63) is 83.0 Å². The van der Waals surface area contributed by atoms with Crippen molar-refractivity contribution in [2.45, 2.75) is 19.9 Å². The van der Waals surface area contributed by atoms with Crippen molar-refractivity contribution < 1.29 is 9.32 Å². The van der Waals surface area contributed by atoms with E-state index in [9.17, 15) is 4.79 Å².